The fourth-order valence-electron chi connectivity index (χ4n) is 2.80. The molecule has 1 aliphatic rings. The molecule has 1 aliphatic heterocycles. The van der Waals surface area contributed by atoms with Crippen molar-refractivity contribution in [1.82, 2.24) is 4.90 Å². The number of nitrogens with zero attached hydrogens (tertiary/aromatic N) is 1. The number of rotatable bonds is 4. The van der Waals surface area contributed by atoms with Crippen LogP contribution in [0, 0.1) is 6.92 Å². The van der Waals surface area contributed by atoms with Gasteiger partial charge >= 0.3 is 0 Å². The molecule has 0 bridgehead atoms. The van der Waals surface area contributed by atoms with E-state index in [-0.39, 0.29) is 18.5 Å². The third-order valence-corrected chi connectivity index (χ3v) is 3.86. The highest BCUT2D eigenvalue weighted by Crippen LogP contribution is 2.34. The van der Waals surface area contributed by atoms with Crippen LogP contribution >= 0.6 is 0 Å². The fraction of sp³-hybridized carbons (Fsp3) is 0.533. The number of hydrogen-bond donors (Lipinski definition) is 1. The molecule has 4 nitrogen and oxygen atoms in total. The maximum absolute atomic E-state index is 12.4. The first-order valence-corrected chi connectivity index (χ1v) is 6.78. The topological polar surface area (TPSA) is 55.6 Å². The van der Waals surface area contributed by atoms with Gasteiger partial charge in [-0.1, -0.05) is 24.3 Å². The van der Waals surface area contributed by atoms with Crippen LogP contribution in [0.5, 0.6) is 0 Å². The third kappa shape index (κ3) is 2.80. The second-order valence-corrected chi connectivity index (χ2v) is 5.01. The summed E-state index contributed by atoms with van der Waals surface area (Å²) in [7, 11) is 1.54. The molecule has 0 spiro atoms. The summed E-state index contributed by atoms with van der Waals surface area (Å²) in [5, 5.41) is 0. The summed E-state index contributed by atoms with van der Waals surface area (Å²) in [5.41, 5.74) is 8.06. The van der Waals surface area contributed by atoms with Crippen molar-refractivity contribution in [3.63, 3.8) is 0 Å². The number of carbonyl (C=O) groups excluding carboxylic acids is 1. The molecule has 2 N–H and O–H groups in total. The van der Waals surface area contributed by atoms with Crippen LogP contribution in [-0.4, -0.2) is 37.1 Å². The number of nitrogens with two attached hydrogens (primary N) is 1. The standard InChI is InChI=1S/C15H22N2O2/c1-11-6-3-4-7-12(11)13-8-5-9-17(13)15(18)14(10-16)19-2/h3-4,6-7,13-14H,5,8-10,16H2,1-2H3. The van der Waals surface area contributed by atoms with E-state index >= 15 is 0 Å². The average Bonchev–Trinajstić information content (AvgIpc) is 2.89. The first-order chi connectivity index (χ1) is 9.19. The molecule has 1 saturated heterocycles. The maximum atomic E-state index is 12.4. The molecule has 0 saturated carbocycles. The lowest BCUT2D eigenvalue weighted by molar-refractivity contribution is -0.142. The number of aryl methyl sites for hydroxylation is 1. The molecular weight excluding hydrogens is 240 g/mol. The van der Waals surface area contributed by atoms with Crippen molar-refractivity contribution in [2.45, 2.75) is 31.9 Å². The number of hydrogen-bond acceptors (Lipinski definition) is 3. The van der Waals surface area contributed by atoms with Crippen molar-refractivity contribution in [3.05, 3.63) is 35.4 Å². The van der Waals surface area contributed by atoms with Gasteiger partial charge in [-0.05, 0) is 30.9 Å². The summed E-state index contributed by atoms with van der Waals surface area (Å²) in [6.07, 6.45) is 1.52. The molecular formula is C15H22N2O2. The van der Waals surface area contributed by atoms with Gasteiger partial charge in [0.15, 0.2) is 0 Å². The highest BCUT2D eigenvalue weighted by Gasteiger charge is 2.33. The average molecular weight is 262 g/mol. The molecule has 1 fully saturated rings. The molecule has 1 aromatic carbocycles. The number of amides is 1. The summed E-state index contributed by atoms with van der Waals surface area (Å²) in [6, 6.07) is 8.42. The van der Waals surface area contributed by atoms with Gasteiger partial charge in [0.1, 0.15) is 6.10 Å². The molecule has 4 heteroatoms. The minimum absolute atomic E-state index is 0.00996. The summed E-state index contributed by atoms with van der Waals surface area (Å²) in [5.74, 6) is 0.00996. The normalized spacial score (nSPS) is 20.6. The van der Waals surface area contributed by atoms with Crippen LogP contribution in [0.4, 0.5) is 0 Å². The van der Waals surface area contributed by atoms with Gasteiger partial charge in [0.05, 0.1) is 6.04 Å². The quantitative estimate of drug-likeness (QED) is 0.897. The van der Waals surface area contributed by atoms with E-state index in [9.17, 15) is 4.79 Å². The SMILES string of the molecule is COC(CN)C(=O)N1CCCC1c1ccccc1C. The fourth-order valence-corrected chi connectivity index (χ4v) is 2.80. The predicted octanol–water partition coefficient (Wildman–Crippen LogP) is 1.63. The second-order valence-electron chi connectivity index (χ2n) is 5.01. The molecule has 2 unspecified atom stereocenters. The van der Waals surface area contributed by atoms with Crippen molar-refractivity contribution < 1.29 is 9.53 Å². The maximum Gasteiger partial charge on any atom is 0.253 e. The number of likely N-dealkylation sites (tertiary alicyclic amines) is 1. The molecule has 2 rings (SSSR count). The first-order valence-electron chi connectivity index (χ1n) is 6.78. The van der Waals surface area contributed by atoms with Gasteiger partial charge in [-0.25, -0.2) is 0 Å². The lowest BCUT2D eigenvalue weighted by Crippen LogP contribution is -2.43. The highest BCUT2D eigenvalue weighted by atomic mass is 16.5. The van der Waals surface area contributed by atoms with Gasteiger partial charge in [-0.15, -0.1) is 0 Å². The molecule has 0 aliphatic carbocycles. The second kappa shape index (κ2) is 6.17. The molecule has 19 heavy (non-hydrogen) atoms. The van der Waals surface area contributed by atoms with Crippen molar-refractivity contribution >= 4 is 5.91 Å². The van der Waals surface area contributed by atoms with Gasteiger partial charge in [-0.3, -0.25) is 4.79 Å². The lowest BCUT2D eigenvalue weighted by Gasteiger charge is -2.29. The van der Waals surface area contributed by atoms with Gasteiger partial charge in [0.2, 0.25) is 0 Å². The summed E-state index contributed by atoms with van der Waals surface area (Å²) in [6.45, 7) is 3.11. The van der Waals surface area contributed by atoms with Crippen molar-refractivity contribution in [1.29, 1.82) is 0 Å². The van der Waals surface area contributed by atoms with Gasteiger partial charge in [0, 0.05) is 20.2 Å². The number of benzene rings is 1. The Morgan fingerprint density at radius 1 is 1.53 bits per heavy atom. The van der Waals surface area contributed by atoms with Crippen LogP contribution in [0.25, 0.3) is 0 Å². The summed E-state index contributed by atoms with van der Waals surface area (Å²) < 4.78 is 5.17. The van der Waals surface area contributed by atoms with Crippen molar-refractivity contribution in [2.75, 3.05) is 20.2 Å². The van der Waals surface area contributed by atoms with E-state index in [4.69, 9.17) is 10.5 Å². The van der Waals surface area contributed by atoms with Crippen LogP contribution in [0.15, 0.2) is 24.3 Å². The zero-order valence-corrected chi connectivity index (χ0v) is 11.6. The van der Waals surface area contributed by atoms with Crippen molar-refractivity contribution in [3.8, 4) is 0 Å². The Morgan fingerprint density at radius 2 is 2.26 bits per heavy atom. The van der Waals surface area contributed by atoms with E-state index in [0.29, 0.717) is 0 Å². The van der Waals surface area contributed by atoms with Gasteiger partial charge in [-0.2, -0.15) is 0 Å². The van der Waals surface area contributed by atoms with Crippen LogP contribution < -0.4 is 5.73 Å². The van der Waals surface area contributed by atoms with Crippen LogP contribution in [-0.2, 0) is 9.53 Å². The zero-order chi connectivity index (χ0) is 13.8. The Hall–Kier alpha value is -1.39. The minimum atomic E-state index is -0.524. The Bertz CT molecular complexity index is 444. The van der Waals surface area contributed by atoms with E-state index in [0.717, 1.165) is 19.4 Å². The van der Waals surface area contributed by atoms with E-state index in [2.05, 4.69) is 19.1 Å². The third-order valence-electron chi connectivity index (χ3n) is 3.86. The van der Waals surface area contributed by atoms with Crippen molar-refractivity contribution in [2.24, 2.45) is 5.73 Å². The lowest BCUT2D eigenvalue weighted by atomic mass is 9.99. The minimum Gasteiger partial charge on any atom is -0.370 e. The number of ether oxygens (including phenoxy) is 1. The zero-order valence-electron chi connectivity index (χ0n) is 11.6. The van der Waals surface area contributed by atoms with Gasteiger partial charge in [0.25, 0.3) is 5.91 Å². The largest absolute Gasteiger partial charge is 0.370 e. The van der Waals surface area contributed by atoms with Crippen LogP contribution in [0.2, 0.25) is 0 Å². The monoisotopic (exact) mass is 262 g/mol. The molecule has 1 heterocycles. The van der Waals surface area contributed by atoms with Crippen LogP contribution in [0.3, 0.4) is 0 Å². The van der Waals surface area contributed by atoms with E-state index in [1.165, 1.54) is 18.2 Å². The van der Waals surface area contributed by atoms with E-state index in [1.807, 2.05) is 17.0 Å². The molecule has 1 amide bonds. The predicted molar refractivity (Wildman–Crippen MR) is 74.7 cm³/mol. The Labute approximate surface area is 114 Å². The van der Waals surface area contributed by atoms with Crippen LogP contribution in [0.1, 0.15) is 30.0 Å². The summed E-state index contributed by atoms with van der Waals surface area (Å²) in [4.78, 5) is 14.3. The Kier molecular flexibility index (Phi) is 4.56. The smallest absolute Gasteiger partial charge is 0.253 e. The number of methoxy groups -OCH3 is 1. The van der Waals surface area contributed by atoms with Gasteiger partial charge < -0.3 is 15.4 Å². The molecule has 0 radical (unpaired) electrons. The first kappa shape index (κ1) is 14.0. The number of carbonyl (C=O) groups is 1. The summed E-state index contributed by atoms with van der Waals surface area (Å²) >= 11 is 0. The molecule has 0 aromatic heterocycles. The Morgan fingerprint density at radius 3 is 2.89 bits per heavy atom. The molecule has 2 atom stereocenters. The molecule has 104 valence electrons. The Balaban J connectivity index is 2.22. The van der Waals surface area contributed by atoms with E-state index in [1.54, 1.807) is 0 Å². The van der Waals surface area contributed by atoms with E-state index < -0.39 is 6.10 Å². The highest BCUT2D eigenvalue weighted by molar-refractivity contribution is 5.82. The molecule has 1 aromatic rings.